The highest BCUT2D eigenvalue weighted by Crippen LogP contribution is 2.34. The Morgan fingerprint density at radius 3 is 2.76 bits per heavy atom. The Balaban J connectivity index is 2.63. The minimum Gasteiger partial charge on any atom is -0.355 e. The van der Waals surface area contributed by atoms with Gasteiger partial charge in [-0.05, 0) is 17.7 Å². The molecule has 3 N–H and O–H groups in total. The monoisotopic (exact) mass is 292 g/mol. The minimum atomic E-state index is -0.539. The highest BCUT2D eigenvalue weighted by molar-refractivity contribution is 5.92. The summed E-state index contributed by atoms with van der Waals surface area (Å²) < 4.78 is 13.5. The molecule has 1 heterocycles. The fraction of sp³-hybridized carbons (Fsp3) is 0.357. The number of nitrogens with one attached hydrogen (secondary N) is 1. The number of nitro groups is 1. The lowest BCUT2D eigenvalue weighted by molar-refractivity contribution is -0.385. The summed E-state index contributed by atoms with van der Waals surface area (Å²) in [6.45, 7) is 2.00. The van der Waals surface area contributed by atoms with Gasteiger partial charge in [0, 0.05) is 25.6 Å². The molecular weight excluding hydrogens is 275 g/mol. The van der Waals surface area contributed by atoms with Crippen molar-refractivity contribution < 1.29 is 9.31 Å². The first-order valence-electron chi connectivity index (χ1n) is 6.54. The summed E-state index contributed by atoms with van der Waals surface area (Å²) in [5, 5.41) is 19.2. The maximum Gasteiger partial charge on any atom is 0.277 e. The summed E-state index contributed by atoms with van der Waals surface area (Å²) in [7, 11) is 1.72. The standard InChI is InChI=1S/C14H17FN4O2/c1-8-5-10(13(7-16)18(2)14(8)17)11-6-9(15)3-4-12(11)19(20)21/h3-6,8,13,17H,7,16H2,1-2H3. The molecule has 0 bridgehead atoms. The van der Waals surface area contributed by atoms with Gasteiger partial charge in [0.05, 0.1) is 16.5 Å². The molecule has 21 heavy (non-hydrogen) atoms. The molecule has 2 atom stereocenters. The molecular formula is C14H17FN4O2. The molecule has 0 radical (unpaired) electrons. The zero-order valence-electron chi connectivity index (χ0n) is 11.8. The van der Waals surface area contributed by atoms with E-state index in [1.165, 1.54) is 0 Å². The fourth-order valence-corrected chi connectivity index (χ4v) is 2.61. The maximum absolute atomic E-state index is 13.5. The highest BCUT2D eigenvalue weighted by Gasteiger charge is 2.32. The lowest BCUT2D eigenvalue weighted by Gasteiger charge is -2.37. The molecule has 112 valence electrons. The van der Waals surface area contributed by atoms with Gasteiger partial charge in [-0.25, -0.2) is 4.39 Å². The van der Waals surface area contributed by atoms with Crippen LogP contribution in [0, 0.1) is 27.3 Å². The van der Waals surface area contributed by atoms with Crippen molar-refractivity contribution in [3.8, 4) is 0 Å². The van der Waals surface area contributed by atoms with Crippen molar-refractivity contribution in [2.75, 3.05) is 13.6 Å². The first-order valence-corrected chi connectivity index (χ1v) is 6.54. The van der Waals surface area contributed by atoms with Gasteiger partial charge in [-0.2, -0.15) is 0 Å². The molecule has 7 heteroatoms. The largest absolute Gasteiger partial charge is 0.355 e. The third-order valence-electron chi connectivity index (χ3n) is 3.76. The van der Waals surface area contributed by atoms with E-state index < -0.39 is 10.7 Å². The van der Waals surface area contributed by atoms with Gasteiger partial charge in [0.1, 0.15) is 11.7 Å². The third-order valence-corrected chi connectivity index (χ3v) is 3.76. The number of nitrogens with two attached hydrogens (primary N) is 1. The van der Waals surface area contributed by atoms with Crippen LogP contribution < -0.4 is 5.73 Å². The van der Waals surface area contributed by atoms with Crippen molar-refractivity contribution in [1.82, 2.24) is 4.90 Å². The smallest absolute Gasteiger partial charge is 0.277 e. The summed E-state index contributed by atoms with van der Waals surface area (Å²) in [5.74, 6) is -0.368. The topological polar surface area (TPSA) is 96.2 Å². The molecule has 0 saturated heterocycles. The number of nitro benzene ring substituents is 1. The SMILES string of the molecule is CC1C=C(c2cc(F)ccc2[N+](=O)[O-])C(CN)N(C)C1=N. The number of hydrogen-bond acceptors (Lipinski definition) is 4. The molecule has 2 rings (SSSR count). The van der Waals surface area contributed by atoms with E-state index in [0.717, 1.165) is 18.2 Å². The lowest BCUT2D eigenvalue weighted by Crippen LogP contribution is -2.47. The quantitative estimate of drug-likeness (QED) is 0.658. The van der Waals surface area contributed by atoms with Crippen LogP contribution in [0.2, 0.25) is 0 Å². The fourth-order valence-electron chi connectivity index (χ4n) is 2.61. The van der Waals surface area contributed by atoms with E-state index in [1.54, 1.807) is 18.0 Å². The summed E-state index contributed by atoms with van der Waals surface area (Å²) in [4.78, 5) is 12.3. The summed E-state index contributed by atoms with van der Waals surface area (Å²) >= 11 is 0. The third kappa shape index (κ3) is 2.64. The number of rotatable bonds is 3. The number of likely N-dealkylation sites (N-methyl/N-ethyl adjacent to an activating group) is 1. The van der Waals surface area contributed by atoms with E-state index >= 15 is 0 Å². The Kier molecular flexibility index (Phi) is 4.04. The predicted octanol–water partition coefficient (Wildman–Crippen LogP) is 2.00. The number of hydrogen-bond donors (Lipinski definition) is 2. The van der Waals surface area contributed by atoms with Crippen LogP contribution >= 0.6 is 0 Å². The van der Waals surface area contributed by atoms with Crippen molar-refractivity contribution in [3.63, 3.8) is 0 Å². The number of benzene rings is 1. The van der Waals surface area contributed by atoms with Crippen LogP contribution in [0.15, 0.2) is 24.3 Å². The van der Waals surface area contributed by atoms with Crippen LogP contribution in [0.1, 0.15) is 12.5 Å². The minimum absolute atomic E-state index is 0.157. The van der Waals surface area contributed by atoms with Crippen LogP contribution in [0.5, 0.6) is 0 Å². The van der Waals surface area contributed by atoms with Crippen molar-refractivity contribution >= 4 is 17.1 Å². The van der Waals surface area contributed by atoms with E-state index in [2.05, 4.69) is 0 Å². The van der Waals surface area contributed by atoms with Crippen molar-refractivity contribution in [1.29, 1.82) is 5.41 Å². The van der Waals surface area contributed by atoms with Gasteiger partial charge in [0.2, 0.25) is 0 Å². The molecule has 0 aliphatic carbocycles. The normalized spacial score (nSPS) is 22.2. The van der Waals surface area contributed by atoms with Crippen LogP contribution in [-0.2, 0) is 0 Å². The first-order chi connectivity index (χ1) is 9.86. The van der Waals surface area contributed by atoms with Gasteiger partial charge in [-0.3, -0.25) is 15.5 Å². The van der Waals surface area contributed by atoms with E-state index in [4.69, 9.17) is 11.1 Å². The van der Waals surface area contributed by atoms with Gasteiger partial charge in [0.15, 0.2) is 0 Å². The van der Waals surface area contributed by atoms with Crippen molar-refractivity contribution in [2.45, 2.75) is 13.0 Å². The van der Waals surface area contributed by atoms with E-state index in [-0.39, 0.29) is 29.8 Å². The Morgan fingerprint density at radius 1 is 1.52 bits per heavy atom. The average Bonchev–Trinajstić information content (AvgIpc) is 2.44. The zero-order chi connectivity index (χ0) is 15.7. The number of halogens is 1. The van der Waals surface area contributed by atoms with E-state index in [1.807, 2.05) is 6.92 Å². The second-order valence-corrected chi connectivity index (χ2v) is 5.08. The summed E-state index contributed by atoms with van der Waals surface area (Å²) in [5.41, 5.74) is 6.41. The number of amidine groups is 1. The Hall–Kier alpha value is -2.28. The molecule has 0 spiro atoms. The van der Waals surface area contributed by atoms with Crippen LogP contribution in [0.25, 0.3) is 5.57 Å². The van der Waals surface area contributed by atoms with Gasteiger partial charge >= 0.3 is 0 Å². The predicted molar refractivity (Wildman–Crippen MR) is 78.5 cm³/mol. The molecule has 1 aromatic carbocycles. The van der Waals surface area contributed by atoms with Crippen LogP contribution in [0.4, 0.5) is 10.1 Å². The second-order valence-electron chi connectivity index (χ2n) is 5.08. The average molecular weight is 292 g/mol. The van der Waals surface area contributed by atoms with Crippen molar-refractivity contribution in [3.05, 3.63) is 45.8 Å². The first kappa shape index (κ1) is 15.1. The molecule has 0 fully saturated rings. The summed E-state index contributed by atoms with van der Waals surface area (Å²) in [6, 6.07) is 3.00. The molecule has 0 saturated carbocycles. The molecule has 1 aliphatic rings. The van der Waals surface area contributed by atoms with E-state index in [9.17, 15) is 14.5 Å². The van der Waals surface area contributed by atoms with Gasteiger partial charge in [-0.15, -0.1) is 0 Å². The highest BCUT2D eigenvalue weighted by atomic mass is 19.1. The van der Waals surface area contributed by atoms with Gasteiger partial charge in [0.25, 0.3) is 5.69 Å². The molecule has 0 amide bonds. The Bertz CT molecular complexity index is 629. The van der Waals surface area contributed by atoms with Crippen molar-refractivity contribution in [2.24, 2.45) is 11.7 Å². The van der Waals surface area contributed by atoms with Crippen LogP contribution in [0.3, 0.4) is 0 Å². The zero-order valence-corrected chi connectivity index (χ0v) is 11.8. The molecule has 0 aromatic heterocycles. The van der Waals surface area contributed by atoms with Crippen LogP contribution in [-0.4, -0.2) is 35.3 Å². The molecule has 1 aromatic rings. The van der Waals surface area contributed by atoms with E-state index in [0.29, 0.717) is 11.4 Å². The molecule has 1 aliphatic heterocycles. The Labute approximate surface area is 121 Å². The number of nitrogens with zero attached hydrogens (tertiary/aromatic N) is 2. The van der Waals surface area contributed by atoms with Gasteiger partial charge in [-0.1, -0.05) is 13.0 Å². The Morgan fingerprint density at radius 2 is 2.19 bits per heavy atom. The lowest BCUT2D eigenvalue weighted by atomic mass is 9.88. The maximum atomic E-state index is 13.5. The van der Waals surface area contributed by atoms with Gasteiger partial charge < -0.3 is 10.6 Å². The molecule has 6 nitrogen and oxygen atoms in total. The summed E-state index contributed by atoms with van der Waals surface area (Å²) in [6.07, 6.45) is 1.75. The second kappa shape index (κ2) is 5.61. The molecule has 2 unspecified atom stereocenters.